The smallest absolute Gasteiger partial charge is 0.398 e. The Kier molecular flexibility index (Phi) is 4.58. The molecule has 0 heterocycles. The molecule has 2 rings (SSSR count). The lowest BCUT2D eigenvalue weighted by molar-refractivity contribution is -0.137. The van der Waals surface area contributed by atoms with Crippen LogP contribution >= 0.6 is 11.6 Å². The van der Waals surface area contributed by atoms with Gasteiger partial charge in [0, 0.05) is 10.7 Å². The molecule has 7 heteroatoms. The highest BCUT2D eigenvalue weighted by Gasteiger charge is 2.30. The normalized spacial score (nSPS) is 13.1. The van der Waals surface area contributed by atoms with Crippen molar-refractivity contribution in [1.29, 1.82) is 0 Å². The first-order valence-corrected chi connectivity index (χ1v) is 7.56. The van der Waals surface area contributed by atoms with Gasteiger partial charge >= 0.3 is 6.18 Å². The van der Waals surface area contributed by atoms with Gasteiger partial charge in [0.05, 0.1) is 27.0 Å². The van der Waals surface area contributed by atoms with Crippen LogP contribution in [0.5, 0.6) is 0 Å². The lowest BCUT2D eigenvalue weighted by Crippen LogP contribution is -2.06. The van der Waals surface area contributed by atoms with Crippen LogP contribution in [0.2, 0.25) is 5.02 Å². The van der Waals surface area contributed by atoms with E-state index in [-0.39, 0.29) is 11.4 Å². The molecule has 2 nitrogen and oxygen atoms in total. The summed E-state index contributed by atoms with van der Waals surface area (Å²) in [4.78, 5) is 0.358. The molecule has 112 valence electrons. The van der Waals surface area contributed by atoms with Gasteiger partial charge in [-0.2, -0.15) is 13.2 Å². The molecule has 0 aromatic heterocycles. The van der Waals surface area contributed by atoms with E-state index in [1.54, 1.807) is 0 Å². The number of nitrogen functional groups attached to an aromatic ring is 1. The van der Waals surface area contributed by atoms with Gasteiger partial charge in [-0.05, 0) is 29.8 Å². The van der Waals surface area contributed by atoms with E-state index < -0.39 is 22.5 Å². The van der Waals surface area contributed by atoms with Crippen LogP contribution in [0.15, 0.2) is 47.4 Å². The SMILES string of the molecule is Nc1cc(Cl)ccc1S(=O)Cc1cccc(C(F)(F)F)c1. The quantitative estimate of drug-likeness (QED) is 0.853. The summed E-state index contributed by atoms with van der Waals surface area (Å²) in [6, 6.07) is 9.27. The number of anilines is 1. The standard InChI is InChI=1S/C14H11ClF3NOS/c15-11-4-5-13(12(19)7-11)21(20)8-9-2-1-3-10(6-9)14(16,17)18/h1-7H,8,19H2. The fourth-order valence-electron chi connectivity index (χ4n) is 1.79. The zero-order valence-corrected chi connectivity index (χ0v) is 12.2. The van der Waals surface area contributed by atoms with Crippen LogP contribution in [0, 0.1) is 0 Å². The molecule has 0 aliphatic carbocycles. The molecule has 0 aliphatic rings. The first-order valence-electron chi connectivity index (χ1n) is 5.87. The third-order valence-electron chi connectivity index (χ3n) is 2.77. The maximum Gasteiger partial charge on any atom is 0.416 e. The number of hydrogen-bond donors (Lipinski definition) is 1. The van der Waals surface area contributed by atoms with Gasteiger partial charge in [0.25, 0.3) is 0 Å². The highest BCUT2D eigenvalue weighted by Crippen LogP contribution is 2.30. The van der Waals surface area contributed by atoms with E-state index in [0.29, 0.717) is 15.5 Å². The highest BCUT2D eigenvalue weighted by atomic mass is 35.5. The topological polar surface area (TPSA) is 43.1 Å². The fraction of sp³-hybridized carbons (Fsp3) is 0.143. The summed E-state index contributed by atoms with van der Waals surface area (Å²) in [7, 11) is -1.54. The highest BCUT2D eigenvalue weighted by molar-refractivity contribution is 7.84. The number of alkyl halides is 3. The molecule has 0 radical (unpaired) electrons. The minimum Gasteiger partial charge on any atom is -0.398 e. The summed E-state index contributed by atoms with van der Waals surface area (Å²) < 4.78 is 50.1. The van der Waals surface area contributed by atoms with Crippen molar-refractivity contribution in [3.05, 3.63) is 58.6 Å². The molecule has 0 aliphatic heterocycles. The average Bonchev–Trinajstić information content (AvgIpc) is 2.37. The summed E-state index contributed by atoms with van der Waals surface area (Å²) in [6.45, 7) is 0. The van der Waals surface area contributed by atoms with Gasteiger partial charge < -0.3 is 5.73 Å². The molecule has 1 unspecified atom stereocenters. The van der Waals surface area contributed by atoms with Crippen LogP contribution in [0.4, 0.5) is 18.9 Å². The molecule has 2 aromatic rings. The molecule has 0 saturated heterocycles. The maximum absolute atomic E-state index is 12.6. The first-order chi connectivity index (χ1) is 9.77. The molecule has 1 atom stereocenters. The van der Waals surface area contributed by atoms with E-state index in [4.69, 9.17) is 17.3 Å². The maximum atomic E-state index is 12.6. The number of hydrogen-bond acceptors (Lipinski definition) is 2. The zero-order valence-electron chi connectivity index (χ0n) is 10.7. The van der Waals surface area contributed by atoms with Crippen LogP contribution in [0.25, 0.3) is 0 Å². The molecule has 0 fully saturated rings. The second-order valence-electron chi connectivity index (χ2n) is 4.37. The number of halogens is 4. The van der Waals surface area contributed by atoms with Gasteiger partial charge in [-0.3, -0.25) is 4.21 Å². The average molecular weight is 334 g/mol. The Morgan fingerprint density at radius 3 is 2.48 bits per heavy atom. The van der Waals surface area contributed by atoms with Crippen molar-refractivity contribution in [2.24, 2.45) is 0 Å². The van der Waals surface area contributed by atoms with Crippen molar-refractivity contribution in [3.63, 3.8) is 0 Å². The van der Waals surface area contributed by atoms with E-state index in [0.717, 1.165) is 12.1 Å². The van der Waals surface area contributed by atoms with Crippen molar-refractivity contribution >= 4 is 28.1 Å². The summed E-state index contributed by atoms with van der Waals surface area (Å²) in [5, 5.41) is 0.410. The third kappa shape index (κ3) is 3.98. The first kappa shape index (κ1) is 15.9. The minimum absolute atomic E-state index is 0.0459. The molecule has 2 N–H and O–H groups in total. The van der Waals surface area contributed by atoms with Gasteiger partial charge in [-0.15, -0.1) is 0 Å². The van der Waals surface area contributed by atoms with Crippen molar-refractivity contribution in [1.82, 2.24) is 0 Å². The Balaban J connectivity index is 2.24. The largest absolute Gasteiger partial charge is 0.416 e. The Hall–Kier alpha value is -1.53. The Morgan fingerprint density at radius 1 is 1.14 bits per heavy atom. The van der Waals surface area contributed by atoms with E-state index in [2.05, 4.69) is 0 Å². The predicted octanol–water partition coefficient (Wildman–Crippen LogP) is 4.25. The summed E-state index contributed by atoms with van der Waals surface area (Å²) >= 11 is 5.75. The summed E-state index contributed by atoms with van der Waals surface area (Å²) in [5.41, 5.74) is 5.54. The van der Waals surface area contributed by atoms with Crippen molar-refractivity contribution in [3.8, 4) is 0 Å². The van der Waals surface area contributed by atoms with Gasteiger partial charge in [0.15, 0.2) is 0 Å². The Labute approximate surface area is 127 Å². The molecule has 0 saturated carbocycles. The van der Waals surface area contributed by atoms with Gasteiger partial charge in [0.1, 0.15) is 0 Å². The Bertz CT molecular complexity index is 688. The lowest BCUT2D eigenvalue weighted by Gasteiger charge is -2.09. The minimum atomic E-state index is -4.42. The zero-order chi connectivity index (χ0) is 15.6. The monoisotopic (exact) mass is 333 g/mol. The number of rotatable bonds is 3. The van der Waals surface area contributed by atoms with E-state index in [1.165, 1.54) is 30.3 Å². The summed E-state index contributed by atoms with van der Waals surface area (Å²) in [5.74, 6) is -0.0459. The van der Waals surface area contributed by atoms with Crippen molar-refractivity contribution < 1.29 is 17.4 Å². The second-order valence-corrected chi connectivity index (χ2v) is 6.23. The van der Waals surface area contributed by atoms with Gasteiger partial charge in [-0.1, -0.05) is 29.8 Å². The van der Waals surface area contributed by atoms with Crippen LogP contribution in [-0.2, 0) is 22.7 Å². The molecular weight excluding hydrogens is 323 g/mol. The van der Waals surface area contributed by atoms with Crippen LogP contribution < -0.4 is 5.73 Å². The molecule has 0 bridgehead atoms. The van der Waals surface area contributed by atoms with Crippen molar-refractivity contribution in [2.75, 3.05) is 5.73 Å². The van der Waals surface area contributed by atoms with Crippen LogP contribution in [0.1, 0.15) is 11.1 Å². The van der Waals surface area contributed by atoms with Gasteiger partial charge in [-0.25, -0.2) is 0 Å². The van der Waals surface area contributed by atoms with E-state index in [9.17, 15) is 17.4 Å². The Morgan fingerprint density at radius 2 is 1.86 bits per heavy atom. The molecule has 0 amide bonds. The van der Waals surface area contributed by atoms with Crippen LogP contribution in [-0.4, -0.2) is 4.21 Å². The number of nitrogens with two attached hydrogens (primary N) is 1. The molecule has 21 heavy (non-hydrogen) atoms. The van der Waals surface area contributed by atoms with Crippen LogP contribution in [0.3, 0.4) is 0 Å². The van der Waals surface area contributed by atoms with Gasteiger partial charge in [0.2, 0.25) is 0 Å². The third-order valence-corrected chi connectivity index (χ3v) is 4.46. The van der Waals surface area contributed by atoms with E-state index >= 15 is 0 Å². The number of benzene rings is 2. The van der Waals surface area contributed by atoms with Crippen molar-refractivity contribution in [2.45, 2.75) is 16.8 Å². The predicted molar refractivity (Wildman–Crippen MR) is 77.4 cm³/mol. The molecule has 2 aromatic carbocycles. The fourth-order valence-corrected chi connectivity index (χ4v) is 3.15. The molecular formula is C14H11ClF3NOS. The second kappa shape index (κ2) is 6.07. The van der Waals surface area contributed by atoms with E-state index in [1.807, 2.05) is 0 Å². The summed E-state index contributed by atoms with van der Waals surface area (Å²) in [6.07, 6.45) is -4.42. The lowest BCUT2D eigenvalue weighted by atomic mass is 10.1. The molecule has 0 spiro atoms.